The number of hydrogen-bond acceptors (Lipinski definition) is 8. The molecular formula is C22H23N5O4. The van der Waals surface area contributed by atoms with Crippen molar-refractivity contribution < 1.29 is 19.0 Å². The Morgan fingerprint density at radius 2 is 2.19 bits per heavy atom. The summed E-state index contributed by atoms with van der Waals surface area (Å²) in [6, 6.07) is 13.8. The SMILES string of the molecule is COC(=O)C1CCC(CC#N)(n2nc(N)c3c(OCc4ccccc4)nccc32)CO1. The van der Waals surface area contributed by atoms with E-state index in [1.54, 1.807) is 16.9 Å². The van der Waals surface area contributed by atoms with Gasteiger partial charge in [-0.15, -0.1) is 0 Å². The second kappa shape index (κ2) is 8.62. The quantitative estimate of drug-likeness (QED) is 0.602. The minimum absolute atomic E-state index is 0.138. The van der Waals surface area contributed by atoms with Crippen molar-refractivity contribution >= 4 is 22.7 Å². The fourth-order valence-electron chi connectivity index (χ4n) is 3.92. The molecule has 9 nitrogen and oxygen atoms in total. The fourth-order valence-corrected chi connectivity index (χ4v) is 3.92. The Balaban J connectivity index is 1.67. The van der Waals surface area contributed by atoms with Crippen LogP contribution < -0.4 is 10.5 Å². The highest BCUT2D eigenvalue weighted by Gasteiger charge is 2.42. The van der Waals surface area contributed by atoms with Gasteiger partial charge in [-0.1, -0.05) is 30.3 Å². The summed E-state index contributed by atoms with van der Waals surface area (Å²) in [6.45, 7) is 0.476. The zero-order valence-corrected chi connectivity index (χ0v) is 17.2. The summed E-state index contributed by atoms with van der Waals surface area (Å²) < 4.78 is 18.2. The molecule has 0 radical (unpaired) electrons. The molecule has 0 bridgehead atoms. The molecule has 1 fully saturated rings. The number of fused-ring (bicyclic) bond motifs is 1. The number of ether oxygens (including phenoxy) is 3. The predicted octanol–water partition coefficient (Wildman–Crippen LogP) is 2.55. The molecule has 1 aliphatic rings. The van der Waals surface area contributed by atoms with Crippen LogP contribution in [-0.2, 0) is 26.4 Å². The van der Waals surface area contributed by atoms with Gasteiger partial charge in [-0.05, 0) is 24.5 Å². The van der Waals surface area contributed by atoms with Crippen molar-refractivity contribution in [2.24, 2.45) is 0 Å². The van der Waals surface area contributed by atoms with Crippen LogP contribution in [0.25, 0.3) is 10.9 Å². The van der Waals surface area contributed by atoms with Crippen molar-refractivity contribution in [3.8, 4) is 11.9 Å². The minimum atomic E-state index is -0.757. The Kier molecular flexibility index (Phi) is 5.73. The second-order valence-corrected chi connectivity index (χ2v) is 7.50. The minimum Gasteiger partial charge on any atom is -0.472 e. The van der Waals surface area contributed by atoms with Crippen molar-refractivity contribution in [1.82, 2.24) is 14.8 Å². The average molecular weight is 421 g/mol. The van der Waals surface area contributed by atoms with Crippen LogP contribution in [0.4, 0.5) is 5.82 Å². The molecule has 2 unspecified atom stereocenters. The van der Waals surface area contributed by atoms with E-state index >= 15 is 0 Å². The van der Waals surface area contributed by atoms with E-state index in [9.17, 15) is 10.1 Å². The molecule has 2 N–H and O–H groups in total. The van der Waals surface area contributed by atoms with E-state index in [0.29, 0.717) is 36.2 Å². The number of esters is 1. The third-order valence-corrected chi connectivity index (χ3v) is 5.55. The number of pyridine rings is 1. The van der Waals surface area contributed by atoms with Gasteiger partial charge in [0, 0.05) is 6.20 Å². The van der Waals surface area contributed by atoms with E-state index in [1.807, 2.05) is 30.3 Å². The zero-order chi connectivity index (χ0) is 21.8. The largest absolute Gasteiger partial charge is 0.472 e. The first kappa shape index (κ1) is 20.6. The molecule has 0 aliphatic carbocycles. The van der Waals surface area contributed by atoms with Gasteiger partial charge in [0.2, 0.25) is 5.88 Å². The Bertz CT molecular complexity index is 1110. The van der Waals surface area contributed by atoms with Crippen molar-refractivity contribution in [2.75, 3.05) is 19.5 Å². The number of carbonyl (C=O) groups is 1. The lowest BCUT2D eigenvalue weighted by atomic mass is 9.87. The molecule has 3 heterocycles. The van der Waals surface area contributed by atoms with Gasteiger partial charge >= 0.3 is 5.97 Å². The third-order valence-electron chi connectivity index (χ3n) is 5.55. The molecule has 4 rings (SSSR count). The Hall–Kier alpha value is -3.64. The number of nitrogens with two attached hydrogens (primary N) is 1. The summed E-state index contributed by atoms with van der Waals surface area (Å²) in [5.74, 6) is 0.219. The monoisotopic (exact) mass is 421 g/mol. The number of nitriles is 1. The highest BCUT2D eigenvalue weighted by atomic mass is 16.6. The molecule has 3 aromatic rings. The van der Waals surface area contributed by atoms with Crippen LogP contribution in [0.2, 0.25) is 0 Å². The van der Waals surface area contributed by atoms with Crippen LogP contribution in [0.3, 0.4) is 0 Å². The summed E-state index contributed by atoms with van der Waals surface area (Å²) in [7, 11) is 1.33. The first-order chi connectivity index (χ1) is 15.1. The Morgan fingerprint density at radius 1 is 1.39 bits per heavy atom. The summed E-state index contributed by atoms with van der Waals surface area (Å²) in [5.41, 5.74) is 7.20. The number of nitrogens with zero attached hydrogens (tertiary/aromatic N) is 4. The van der Waals surface area contributed by atoms with Crippen molar-refractivity contribution in [3.63, 3.8) is 0 Å². The molecule has 2 aromatic heterocycles. The smallest absolute Gasteiger partial charge is 0.334 e. The molecular weight excluding hydrogens is 398 g/mol. The topological polar surface area (TPSA) is 125 Å². The standard InChI is InChI=1S/C22H23N5O4/c1-29-21(28)17-7-9-22(10-11-23,14-31-17)27-16-8-12-25-20(18(16)19(24)26-27)30-13-15-5-3-2-4-6-15/h2-6,8,12,17H,7,9-10,13-14H2,1H3,(H2,24,26). The number of methoxy groups -OCH3 is 1. The van der Waals surface area contributed by atoms with Gasteiger partial charge in [-0.25, -0.2) is 9.78 Å². The maximum Gasteiger partial charge on any atom is 0.334 e. The molecule has 160 valence electrons. The normalized spacial score (nSPS) is 20.8. The highest BCUT2D eigenvalue weighted by Crippen LogP contribution is 2.39. The van der Waals surface area contributed by atoms with Gasteiger partial charge in [-0.3, -0.25) is 4.68 Å². The Labute approximate surface area is 179 Å². The fraction of sp³-hybridized carbons (Fsp3) is 0.364. The predicted molar refractivity (Wildman–Crippen MR) is 112 cm³/mol. The van der Waals surface area contributed by atoms with E-state index in [4.69, 9.17) is 19.9 Å². The molecule has 9 heteroatoms. The lowest BCUT2D eigenvalue weighted by Gasteiger charge is -2.38. The van der Waals surface area contributed by atoms with Gasteiger partial charge in [0.25, 0.3) is 0 Å². The van der Waals surface area contributed by atoms with Crippen LogP contribution in [0.5, 0.6) is 5.88 Å². The third kappa shape index (κ3) is 3.90. The van der Waals surface area contributed by atoms with Gasteiger partial charge in [-0.2, -0.15) is 10.4 Å². The lowest BCUT2D eigenvalue weighted by Crippen LogP contribution is -2.47. The number of rotatable bonds is 6. The van der Waals surface area contributed by atoms with E-state index in [0.717, 1.165) is 5.56 Å². The summed E-state index contributed by atoms with van der Waals surface area (Å²) in [6.07, 6.45) is 2.06. The number of nitrogen functional groups attached to an aromatic ring is 1. The maximum absolute atomic E-state index is 11.8. The number of hydrogen-bond donors (Lipinski definition) is 1. The van der Waals surface area contributed by atoms with Crippen LogP contribution in [0.15, 0.2) is 42.6 Å². The van der Waals surface area contributed by atoms with Gasteiger partial charge in [0.15, 0.2) is 11.9 Å². The molecule has 0 spiro atoms. The van der Waals surface area contributed by atoms with E-state index < -0.39 is 17.6 Å². The lowest BCUT2D eigenvalue weighted by molar-refractivity contribution is -0.162. The summed E-state index contributed by atoms with van der Waals surface area (Å²) in [4.78, 5) is 16.2. The summed E-state index contributed by atoms with van der Waals surface area (Å²) >= 11 is 0. The van der Waals surface area contributed by atoms with Crippen molar-refractivity contribution in [2.45, 2.75) is 37.5 Å². The number of anilines is 1. The molecule has 0 saturated carbocycles. The molecule has 1 aliphatic heterocycles. The van der Waals surface area contributed by atoms with Gasteiger partial charge in [0.1, 0.15) is 12.0 Å². The van der Waals surface area contributed by atoms with Crippen LogP contribution in [-0.4, -0.2) is 40.6 Å². The first-order valence-corrected chi connectivity index (χ1v) is 9.95. The van der Waals surface area contributed by atoms with E-state index in [1.165, 1.54) is 7.11 Å². The highest BCUT2D eigenvalue weighted by molar-refractivity contribution is 5.93. The number of aromatic nitrogens is 3. The van der Waals surface area contributed by atoms with Crippen molar-refractivity contribution in [1.29, 1.82) is 5.26 Å². The molecule has 2 atom stereocenters. The summed E-state index contributed by atoms with van der Waals surface area (Å²) in [5, 5.41) is 14.6. The number of carbonyl (C=O) groups excluding carboxylic acids is 1. The van der Waals surface area contributed by atoms with Crippen LogP contribution in [0, 0.1) is 11.3 Å². The Morgan fingerprint density at radius 3 is 2.87 bits per heavy atom. The molecule has 1 saturated heterocycles. The van der Waals surface area contributed by atoms with Gasteiger partial charge < -0.3 is 19.9 Å². The van der Waals surface area contributed by atoms with Crippen LogP contribution >= 0.6 is 0 Å². The van der Waals surface area contributed by atoms with Gasteiger partial charge in [0.05, 0.1) is 37.3 Å². The van der Waals surface area contributed by atoms with Crippen molar-refractivity contribution in [3.05, 3.63) is 48.2 Å². The van der Waals surface area contributed by atoms with E-state index in [-0.39, 0.29) is 18.8 Å². The van der Waals surface area contributed by atoms with E-state index in [2.05, 4.69) is 16.2 Å². The molecule has 31 heavy (non-hydrogen) atoms. The second-order valence-electron chi connectivity index (χ2n) is 7.50. The van der Waals surface area contributed by atoms with Crippen LogP contribution in [0.1, 0.15) is 24.8 Å². The first-order valence-electron chi connectivity index (χ1n) is 9.95. The maximum atomic E-state index is 11.8. The average Bonchev–Trinajstić information content (AvgIpc) is 3.16. The molecule has 0 amide bonds. The zero-order valence-electron chi connectivity index (χ0n) is 17.2. The molecule has 1 aromatic carbocycles. The number of benzene rings is 1.